The zero-order valence-corrected chi connectivity index (χ0v) is 10.7. The molecule has 1 aromatic carbocycles. The first kappa shape index (κ1) is 13.7. The lowest BCUT2D eigenvalue weighted by atomic mass is 9.92. The van der Waals surface area contributed by atoms with Crippen LogP contribution in [0.3, 0.4) is 0 Å². The zero-order chi connectivity index (χ0) is 12.8. The first-order valence-electron chi connectivity index (χ1n) is 5.83. The number of ketones is 1. The van der Waals surface area contributed by atoms with Crippen molar-refractivity contribution in [1.29, 1.82) is 0 Å². The molecule has 0 bridgehead atoms. The lowest BCUT2D eigenvalue weighted by Crippen LogP contribution is -2.16. The maximum absolute atomic E-state index is 11.5. The summed E-state index contributed by atoms with van der Waals surface area (Å²) in [5.41, 5.74) is 2.17. The number of carbonyl (C=O) groups excluding carboxylic acids is 1. The van der Waals surface area contributed by atoms with Crippen molar-refractivity contribution in [2.45, 2.75) is 26.7 Å². The van der Waals surface area contributed by atoms with Gasteiger partial charge in [0.05, 0.1) is 7.11 Å². The summed E-state index contributed by atoms with van der Waals surface area (Å²) >= 11 is 0. The molecule has 1 atom stereocenters. The molecule has 0 amide bonds. The SMILES string of the molecule is COc1ccc(C)cc1CC(CCO)C(C)=O. The molecule has 17 heavy (non-hydrogen) atoms. The van der Waals surface area contributed by atoms with Gasteiger partial charge in [-0.05, 0) is 38.3 Å². The number of Topliss-reactive ketones (excluding diaryl/α,β-unsaturated/α-hetero) is 1. The Morgan fingerprint density at radius 2 is 2.18 bits per heavy atom. The van der Waals surface area contributed by atoms with Crippen LogP contribution in [0.4, 0.5) is 0 Å². The van der Waals surface area contributed by atoms with E-state index in [1.807, 2.05) is 25.1 Å². The van der Waals surface area contributed by atoms with Gasteiger partial charge in [0.1, 0.15) is 11.5 Å². The molecule has 0 spiro atoms. The van der Waals surface area contributed by atoms with E-state index in [9.17, 15) is 4.79 Å². The average molecular weight is 236 g/mol. The Labute approximate surface area is 102 Å². The highest BCUT2D eigenvalue weighted by atomic mass is 16.5. The predicted octanol–water partition coefficient (Wildman–Crippen LogP) is 2.13. The fourth-order valence-electron chi connectivity index (χ4n) is 1.94. The van der Waals surface area contributed by atoms with E-state index in [-0.39, 0.29) is 18.3 Å². The molecule has 1 aromatic rings. The quantitative estimate of drug-likeness (QED) is 0.823. The summed E-state index contributed by atoms with van der Waals surface area (Å²) in [4.78, 5) is 11.5. The number of hydrogen-bond acceptors (Lipinski definition) is 3. The summed E-state index contributed by atoms with van der Waals surface area (Å²) in [7, 11) is 1.63. The van der Waals surface area contributed by atoms with Crippen LogP contribution in [0.15, 0.2) is 18.2 Å². The van der Waals surface area contributed by atoms with E-state index in [0.717, 1.165) is 16.9 Å². The minimum absolute atomic E-state index is 0.0401. The van der Waals surface area contributed by atoms with E-state index in [1.54, 1.807) is 14.0 Å². The second kappa shape index (κ2) is 6.40. The third-order valence-corrected chi connectivity index (χ3v) is 2.95. The van der Waals surface area contributed by atoms with Crippen LogP contribution in [0, 0.1) is 12.8 Å². The maximum atomic E-state index is 11.5. The van der Waals surface area contributed by atoms with Crippen molar-refractivity contribution in [2.75, 3.05) is 13.7 Å². The second-order valence-electron chi connectivity index (χ2n) is 4.34. The molecule has 0 saturated heterocycles. The largest absolute Gasteiger partial charge is 0.496 e. The molecule has 3 nitrogen and oxygen atoms in total. The van der Waals surface area contributed by atoms with Gasteiger partial charge in [-0.3, -0.25) is 4.79 Å². The van der Waals surface area contributed by atoms with E-state index in [2.05, 4.69) is 0 Å². The molecule has 0 radical (unpaired) electrons. The van der Waals surface area contributed by atoms with Gasteiger partial charge >= 0.3 is 0 Å². The topological polar surface area (TPSA) is 46.5 Å². The summed E-state index contributed by atoms with van der Waals surface area (Å²) in [5.74, 6) is 0.790. The van der Waals surface area contributed by atoms with Gasteiger partial charge in [0.2, 0.25) is 0 Å². The molecule has 0 fully saturated rings. The maximum Gasteiger partial charge on any atom is 0.133 e. The second-order valence-corrected chi connectivity index (χ2v) is 4.34. The van der Waals surface area contributed by atoms with Crippen LogP contribution < -0.4 is 4.74 Å². The van der Waals surface area contributed by atoms with E-state index >= 15 is 0 Å². The van der Waals surface area contributed by atoms with Crippen molar-refractivity contribution in [3.8, 4) is 5.75 Å². The molecule has 0 aliphatic rings. The number of benzene rings is 1. The highest BCUT2D eigenvalue weighted by Gasteiger charge is 2.16. The van der Waals surface area contributed by atoms with E-state index < -0.39 is 0 Å². The molecular formula is C14H20O3. The van der Waals surface area contributed by atoms with Gasteiger partial charge in [-0.25, -0.2) is 0 Å². The number of rotatable bonds is 6. The molecule has 1 unspecified atom stereocenters. The molecule has 1 N–H and O–H groups in total. The van der Waals surface area contributed by atoms with E-state index in [4.69, 9.17) is 9.84 Å². The summed E-state index contributed by atoms with van der Waals surface area (Å²) in [6.07, 6.45) is 1.13. The van der Waals surface area contributed by atoms with Crippen LogP contribution in [0.2, 0.25) is 0 Å². The van der Waals surface area contributed by atoms with Crippen LogP contribution in [0.5, 0.6) is 5.75 Å². The third-order valence-electron chi connectivity index (χ3n) is 2.95. The molecule has 0 aromatic heterocycles. The number of ether oxygens (including phenoxy) is 1. The standard InChI is InChI=1S/C14H20O3/c1-10-4-5-14(17-3)13(8-10)9-12(6-7-15)11(2)16/h4-5,8,12,15H,6-7,9H2,1-3H3. The van der Waals surface area contributed by atoms with Gasteiger partial charge < -0.3 is 9.84 Å². The molecule has 0 aliphatic heterocycles. The van der Waals surface area contributed by atoms with Crippen molar-refractivity contribution >= 4 is 5.78 Å². The number of aliphatic hydroxyl groups excluding tert-OH is 1. The van der Waals surface area contributed by atoms with Crippen molar-refractivity contribution in [3.63, 3.8) is 0 Å². The number of aryl methyl sites for hydroxylation is 1. The van der Waals surface area contributed by atoms with Crippen LogP contribution in [-0.2, 0) is 11.2 Å². The van der Waals surface area contributed by atoms with Crippen molar-refractivity contribution in [3.05, 3.63) is 29.3 Å². The van der Waals surface area contributed by atoms with Gasteiger partial charge in [0, 0.05) is 12.5 Å². The summed E-state index contributed by atoms with van der Waals surface area (Å²) in [6, 6.07) is 5.93. The molecule has 0 heterocycles. The van der Waals surface area contributed by atoms with Crippen LogP contribution in [0.25, 0.3) is 0 Å². The number of carbonyl (C=O) groups is 1. The van der Waals surface area contributed by atoms with E-state index in [1.165, 1.54) is 0 Å². The minimum atomic E-state index is -0.129. The van der Waals surface area contributed by atoms with Crippen LogP contribution >= 0.6 is 0 Å². The van der Waals surface area contributed by atoms with Gasteiger partial charge in [-0.2, -0.15) is 0 Å². The van der Waals surface area contributed by atoms with Crippen LogP contribution in [-0.4, -0.2) is 24.6 Å². The first-order valence-corrected chi connectivity index (χ1v) is 5.83. The number of methoxy groups -OCH3 is 1. The molecule has 0 aliphatic carbocycles. The Morgan fingerprint density at radius 1 is 1.47 bits per heavy atom. The van der Waals surface area contributed by atoms with Crippen molar-refractivity contribution in [2.24, 2.45) is 5.92 Å². The van der Waals surface area contributed by atoms with Gasteiger partial charge in [0.25, 0.3) is 0 Å². The summed E-state index contributed by atoms with van der Waals surface area (Å²) in [5, 5.41) is 8.96. The van der Waals surface area contributed by atoms with Crippen molar-refractivity contribution < 1.29 is 14.6 Å². The van der Waals surface area contributed by atoms with Crippen molar-refractivity contribution in [1.82, 2.24) is 0 Å². The van der Waals surface area contributed by atoms with Gasteiger partial charge in [-0.15, -0.1) is 0 Å². The minimum Gasteiger partial charge on any atom is -0.496 e. The molecule has 1 rings (SSSR count). The molecule has 3 heteroatoms. The zero-order valence-electron chi connectivity index (χ0n) is 10.7. The lowest BCUT2D eigenvalue weighted by Gasteiger charge is -2.15. The molecule has 94 valence electrons. The molecular weight excluding hydrogens is 216 g/mol. The number of aliphatic hydroxyl groups is 1. The predicted molar refractivity (Wildman–Crippen MR) is 67.3 cm³/mol. The van der Waals surface area contributed by atoms with Gasteiger partial charge in [0.15, 0.2) is 0 Å². The fraction of sp³-hybridized carbons (Fsp3) is 0.500. The lowest BCUT2D eigenvalue weighted by molar-refractivity contribution is -0.121. The third kappa shape index (κ3) is 3.86. The average Bonchev–Trinajstić information content (AvgIpc) is 2.28. The highest BCUT2D eigenvalue weighted by Crippen LogP contribution is 2.24. The first-order chi connectivity index (χ1) is 8.08. The Balaban J connectivity index is 2.91. The summed E-state index contributed by atoms with van der Waals surface area (Å²) in [6.45, 7) is 3.62. The molecule has 0 saturated carbocycles. The fourth-order valence-corrected chi connectivity index (χ4v) is 1.94. The Morgan fingerprint density at radius 3 is 2.71 bits per heavy atom. The highest BCUT2D eigenvalue weighted by molar-refractivity contribution is 5.78. The Bertz CT molecular complexity index is 385. The Hall–Kier alpha value is -1.35. The van der Waals surface area contributed by atoms with E-state index in [0.29, 0.717) is 12.8 Å². The Kier molecular flexibility index (Phi) is 5.16. The monoisotopic (exact) mass is 236 g/mol. The number of hydrogen-bond donors (Lipinski definition) is 1. The van der Waals surface area contributed by atoms with Gasteiger partial charge in [-0.1, -0.05) is 17.7 Å². The smallest absolute Gasteiger partial charge is 0.133 e. The normalized spacial score (nSPS) is 12.2. The van der Waals surface area contributed by atoms with Crippen LogP contribution in [0.1, 0.15) is 24.5 Å². The summed E-state index contributed by atoms with van der Waals surface area (Å²) < 4.78 is 5.29.